The Hall–Kier alpha value is -2.02. The van der Waals surface area contributed by atoms with Gasteiger partial charge in [-0.3, -0.25) is 4.72 Å². The van der Waals surface area contributed by atoms with Crippen LogP contribution in [0.5, 0.6) is 0 Å². The average Bonchev–Trinajstić information content (AvgIpc) is 2.23. The van der Waals surface area contributed by atoms with Crippen molar-refractivity contribution in [2.45, 2.75) is 18.7 Å². The Balaban J connectivity index is 2.48. The second-order valence-corrected chi connectivity index (χ2v) is 6.25. The summed E-state index contributed by atoms with van der Waals surface area (Å²) >= 11 is 0. The van der Waals surface area contributed by atoms with E-state index in [-0.39, 0.29) is 21.7 Å². The van der Waals surface area contributed by atoms with Gasteiger partial charge in [0.1, 0.15) is 17.5 Å². The minimum atomic E-state index is -4.07. The van der Waals surface area contributed by atoms with Crippen molar-refractivity contribution in [1.29, 1.82) is 0 Å². The van der Waals surface area contributed by atoms with Gasteiger partial charge in [-0.2, -0.15) is 0 Å². The van der Waals surface area contributed by atoms with Crippen LogP contribution in [-0.4, -0.2) is 8.42 Å². The van der Waals surface area contributed by atoms with Crippen LogP contribution in [0.2, 0.25) is 0 Å². The Kier molecular flexibility index (Phi) is 3.95. The molecule has 0 spiro atoms. The van der Waals surface area contributed by atoms with Crippen LogP contribution in [-0.2, 0) is 10.0 Å². The molecule has 0 aliphatic rings. The fraction of sp³-hybridized carbons (Fsp3) is 0.143. The summed E-state index contributed by atoms with van der Waals surface area (Å²) in [4.78, 5) is -0.117. The van der Waals surface area contributed by atoms with Crippen molar-refractivity contribution >= 4 is 15.7 Å². The first kappa shape index (κ1) is 15.4. The zero-order chi connectivity index (χ0) is 15.8. The van der Waals surface area contributed by atoms with Gasteiger partial charge >= 0.3 is 0 Å². The fourth-order valence-electron chi connectivity index (χ4n) is 2.14. The molecular formula is C14H12F3NO2S. The number of anilines is 1. The second-order valence-electron chi connectivity index (χ2n) is 4.63. The van der Waals surface area contributed by atoms with Crippen LogP contribution < -0.4 is 4.72 Å². The Morgan fingerprint density at radius 2 is 1.24 bits per heavy atom. The number of rotatable bonds is 3. The van der Waals surface area contributed by atoms with Crippen LogP contribution in [0.15, 0.2) is 35.2 Å². The van der Waals surface area contributed by atoms with Gasteiger partial charge < -0.3 is 0 Å². The topological polar surface area (TPSA) is 46.2 Å². The van der Waals surface area contributed by atoms with Crippen molar-refractivity contribution in [3.05, 3.63) is 58.9 Å². The number of aryl methyl sites for hydroxylation is 2. The maximum absolute atomic E-state index is 13.2. The molecule has 0 aliphatic carbocycles. The molecule has 1 N–H and O–H groups in total. The van der Waals surface area contributed by atoms with E-state index in [1.165, 1.54) is 13.8 Å². The van der Waals surface area contributed by atoms with Crippen molar-refractivity contribution in [1.82, 2.24) is 0 Å². The Morgan fingerprint density at radius 1 is 0.810 bits per heavy atom. The molecule has 0 radical (unpaired) electrons. The van der Waals surface area contributed by atoms with Crippen LogP contribution in [0.4, 0.5) is 18.9 Å². The molecule has 21 heavy (non-hydrogen) atoms. The number of hydrogen-bond donors (Lipinski definition) is 1. The van der Waals surface area contributed by atoms with E-state index in [1.807, 2.05) is 0 Å². The molecule has 0 heterocycles. The second kappa shape index (κ2) is 5.40. The van der Waals surface area contributed by atoms with Crippen LogP contribution >= 0.6 is 0 Å². The van der Waals surface area contributed by atoms with Crippen LogP contribution in [0.1, 0.15) is 11.1 Å². The summed E-state index contributed by atoms with van der Waals surface area (Å²) in [7, 11) is -4.07. The smallest absolute Gasteiger partial charge is 0.262 e. The van der Waals surface area contributed by atoms with E-state index in [0.717, 1.165) is 24.3 Å². The molecule has 0 unspecified atom stereocenters. The van der Waals surface area contributed by atoms with Crippen LogP contribution in [0.3, 0.4) is 0 Å². The summed E-state index contributed by atoms with van der Waals surface area (Å²) in [5, 5.41) is 0. The third-order valence-electron chi connectivity index (χ3n) is 2.81. The number of nitrogens with one attached hydrogen (secondary N) is 1. The highest BCUT2D eigenvalue weighted by Gasteiger charge is 2.21. The van der Waals surface area contributed by atoms with E-state index in [1.54, 1.807) is 0 Å². The standard InChI is InChI=1S/C14H12F3NO2S/c1-8-3-10(15)4-9(2)14(8)21(19,20)18-13-6-11(16)5-12(17)7-13/h3-7,18H,1-2H3. The van der Waals surface area contributed by atoms with Crippen molar-refractivity contribution in [3.63, 3.8) is 0 Å². The molecule has 2 rings (SSSR count). The number of sulfonamides is 1. The van der Waals surface area contributed by atoms with Gasteiger partial charge in [0.25, 0.3) is 10.0 Å². The fourth-order valence-corrected chi connectivity index (χ4v) is 3.64. The summed E-state index contributed by atoms with van der Waals surface area (Å²) in [6.07, 6.45) is 0. The number of halogens is 3. The normalized spacial score (nSPS) is 11.5. The van der Waals surface area contributed by atoms with E-state index < -0.39 is 27.5 Å². The lowest BCUT2D eigenvalue weighted by atomic mass is 10.1. The molecule has 112 valence electrons. The van der Waals surface area contributed by atoms with E-state index in [2.05, 4.69) is 4.72 Å². The maximum Gasteiger partial charge on any atom is 0.262 e. The molecule has 7 heteroatoms. The SMILES string of the molecule is Cc1cc(F)cc(C)c1S(=O)(=O)Nc1cc(F)cc(F)c1. The quantitative estimate of drug-likeness (QED) is 0.942. The first-order valence-corrected chi connectivity index (χ1v) is 7.43. The van der Waals surface area contributed by atoms with E-state index in [4.69, 9.17) is 0 Å². The zero-order valence-corrected chi connectivity index (χ0v) is 12.1. The monoisotopic (exact) mass is 315 g/mol. The third kappa shape index (κ3) is 3.36. The van der Waals surface area contributed by atoms with Crippen molar-refractivity contribution in [2.24, 2.45) is 0 Å². The number of benzene rings is 2. The van der Waals surface area contributed by atoms with E-state index in [0.29, 0.717) is 6.07 Å². The molecule has 0 aliphatic heterocycles. The van der Waals surface area contributed by atoms with Crippen LogP contribution in [0, 0.1) is 31.3 Å². The molecule has 2 aromatic rings. The summed E-state index contributed by atoms with van der Waals surface area (Å²) in [6.45, 7) is 2.88. The molecular weight excluding hydrogens is 303 g/mol. The molecule has 0 atom stereocenters. The summed E-state index contributed by atoms with van der Waals surface area (Å²) in [5.74, 6) is -2.36. The predicted octanol–water partition coefficient (Wildman–Crippen LogP) is 3.52. The lowest BCUT2D eigenvalue weighted by Gasteiger charge is -2.13. The highest BCUT2D eigenvalue weighted by Crippen LogP contribution is 2.24. The summed E-state index contributed by atoms with van der Waals surface area (Å²) in [5.41, 5.74) is 0.171. The van der Waals surface area contributed by atoms with Gasteiger partial charge in [-0.1, -0.05) is 0 Å². The van der Waals surface area contributed by atoms with Crippen molar-refractivity contribution in [2.75, 3.05) is 4.72 Å². The summed E-state index contributed by atoms with van der Waals surface area (Å²) < 4.78 is 66.1. The van der Waals surface area contributed by atoms with Crippen molar-refractivity contribution in [3.8, 4) is 0 Å². The predicted molar refractivity (Wildman–Crippen MR) is 73.0 cm³/mol. The van der Waals surface area contributed by atoms with Gasteiger partial charge in [-0.25, -0.2) is 21.6 Å². The van der Waals surface area contributed by atoms with Gasteiger partial charge in [0.2, 0.25) is 0 Å². The van der Waals surface area contributed by atoms with Crippen LogP contribution in [0.25, 0.3) is 0 Å². The zero-order valence-electron chi connectivity index (χ0n) is 11.2. The lowest BCUT2D eigenvalue weighted by molar-refractivity contribution is 0.584. The van der Waals surface area contributed by atoms with Crippen molar-refractivity contribution < 1.29 is 21.6 Å². The molecule has 2 aromatic carbocycles. The lowest BCUT2D eigenvalue weighted by Crippen LogP contribution is -2.16. The van der Waals surface area contributed by atoms with E-state index in [9.17, 15) is 21.6 Å². The van der Waals surface area contributed by atoms with Gasteiger partial charge in [-0.05, 0) is 49.2 Å². The minimum Gasteiger partial charge on any atom is -0.279 e. The first-order valence-electron chi connectivity index (χ1n) is 5.95. The van der Waals surface area contributed by atoms with Gasteiger partial charge in [0.15, 0.2) is 0 Å². The molecule has 0 saturated carbocycles. The van der Waals surface area contributed by atoms with Gasteiger partial charge in [0.05, 0.1) is 10.6 Å². The highest BCUT2D eigenvalue weighted by molar-refractivity contribution is 7.92. The number of hydrogen-bond acceptors (Lipinski definition) is 2. The minimum absolute atomic E-state index is 0.117. The molecule has 0 fully saturated rings. The highest BCUT2D eigenvalue weighted by atomic mass is 32.2. The van der Waals surface area contributed by atoms with Gasteiger partial charge in [-0.15, -0.1) is 0 Å². The molecule has 0 bridgehead atoms. The summed E-state index contributed by atoms with van der Waals surface area (Å²) in [6, 6.07) is 4.50. The third-order valence-corrected chi connectivity index (χ3v) is 4.49. The Bertz CT molecular complexity index is 761. The largest absolute Gasteiger partial charge is 0.279 e. The molecule has 3 nitrogen and oxygen atoms in total. The Morgan fingerprint density at radius 3 is 1.71 bits per heavy atom. The molecule has 0 amide bonds. The molecule has 0 saturated heterocycles. The Labute approximate surface area is 120 Å². The average molecular weight is 315 g/mol. The van der Waals surface area contributed by atoms with E-state index >= 15 is 0 Å². The first-order chi connectivity index (χ1) is 9.69. The maximum atomic E-state index is 13.2. The van der Waals surface area contributed by atoms with Gasteiger partial charge in [0, 0.05) is 6.07 Å². The molecule has 0 aromatic heterocycles.